The molecule has 0 bridgehead atoms. The monoisotopic (exact) mass is 617 g/mol. The molecule has 1 unspecified atom stereocenters. The first-order chi connectivity index (χ1) is 19.7. The molecular weight excluding hydrogens is 581 g/mol. The van der Waals surface area contributed by atoms with Gasteiger partial charge in [0.15, 0.2) is 0 Å². The molecule has 1 N–H and O–H groups in total. The van der Waals surface area contributed by atoms with Crippen LogP contribution in [0.2, 0.25) is 5.02 Å². The molecule has 42 heavy (non-hydrogen) atoms. The van der Waals surface area contributed by atoms with Crippen molar-refractivity contribution >= 4 is 39.1 Å². The average molecular weight is 618 g/mol. The van der Waals surface area contributed by atoms with Crippen molar-refractivity contribution < 1.29 is 27.1 Å². The third-order valence-electron chi connectivity index (χ3n) is 6.27. The lowest BCUT2D eigenvalue weighted by molar-refractivity contribution is -0.141. The molecule has 0 aliphatic heterocycles. The van der Waals surface area contributed by atoms with Gasteiger partial charge in [0.2, 0.25) is 11.8 Å². The maximum atomic E-state index is 14.1. The predicted octanol–water partition coefficient (Wildman–Crippen LogP) is 5.80. The van der Waals surface area contributed by atoms with E-state index in [-0.39, 0.29) is 29.5 Å². The van der Waals surface area contributed by atoms with Crippen LogP contribution in [0.3, 0.4) is 0 Å². The first-order valence-electron chi connectivity index (χ1n) is 13.6. The van der Waals surface area contributed by atoms with E-state index in [0.29, 0.717) is 22.9 Å². The van der Waals surface area contributed by atoms with Gasteiger partial charge in [-0.1, -0.05) is 30.7 Å². The van der Waals surface area contributed by atoms with Crippen molar-refractivity contribution in [1.29, 1.82) is 0 Å². The molecule has 2 amide bonds. The Balaban J connectivity index is 2.05. The zero-order chi connectivity index (χ0) is 31.1. The molecule has 0 aromatic heterocycles. The summed E-state index contributed by atoms with van der Waals surface area (Å²) in [5.41, 5.74) is 0.242. The molecule has 0 radical (unpaired) electrons. The van der Waals surface area contributed by atoms with Gasteiger partial charge in [0.1, 0.15) is 24.2 Å². The zero-order valence-corrected chi connectivity index (χ0v) is 26.0. The summed E-state index contributed by atoms with van der Waals surface area (Å²) in [6.45, 7) is 8.92. The van der Waals surface area contributed by atoms with Gasteiger partial charge in [-0.2, -0.15) is 0 Å². The number of benzene rings is 3. The zero-order valence-electron chi connectivity index (χ0n) is 24.4. The Morgan fingerprint density at radius 3 is 2.07 bits per heavy atom. The minimum atomic E-state index is -4.30. The molecule has 0 spiro atoms. The summed E-state index contributed by atoms with van der Waals surface area (Å²) in [4.78, 5) is 28.7. The molecule has 11 heteroatoms. The Labute approximate surface area is 252 Å². The lowest BCUT2D eigenvalue weighted by Gasteiger charge is -2.34. The number of hydrogen-bond donors (Lipinski definition) is 1. The van der Waals surface area contributed by atoms with Gasteiger partial charge < -0.3 is 15.0 Å². The topological polar surface area (TPSA) is 96.0 Å². The van der Waals surface area contributed by atoms with E-state index in [1.165, 1.54) is 41.3 Å². The number of carbonyl (C=O) groups is 2. The van der Waals surface area contributed by atoms with Gasteiger partial charge in [-0.3, -0.25) is 13.9 Å². The SMILES string of the molecule is CCOc1ccc(S(=O)(=O)N(CC(=O)N(Cc2ccc(Cl)cc2)C(CC)C(=O)NC(C)(C)C)c2ccc(F)cc2)cc1. The van der Waals surface area contributed by atoms with Crippen LogP contribution in [0, 0.1) is 5.82 Å². The summed E-state index contributed by atoms with van der Waals surface area (Å²) in [6, 6.07) is 16.6. The van der Waals surface area contributed by atoms with Gasteiger partial charge in [-0.25, -0.2) is 12.8 Å². The number of hydrogen-bond acceptors (Lipinski definition) is 5. The first-order valence-corrected chi connectivity index (χ1v) is 15.4. The molecule has 0 saturated carbocycles. The van der Waals surface area contributed by atoms with Gasteiger partial charge in [-0.15, -0.1) is 0 Å². The van der Waals surface area contributed by atoms with Gasteiger partial charge in [0.25, 0.3) is 10.0 Å². The average Bonchev–Trinajstić information content (AvgIpc) is 2.92. The fourth-order valence-corrected chi connectivity index (χ4v) is 5.84. The molecule has 0 fully saturated rings. The van der Waals surface area contributed by atoms with Gasteiger partial charge in [0, 0.05) is 17.1 Å². The lowest BCUT2D eigenvalue weighted by atomic mass is 10.1. The van der Waals surface area contributed by atoms with E-state index in [9.17, 15) is 22.4 Å². The van der Waals surface area contributed by atoms with Crippen LogP contribution in [0.15, 0.2) is 77.7 Å². The molecule has 0 heterocycles. The van der Waals surface area contributed by atoms with Crippen molar-refractivity contribution in [3.63, 3.8) is 0 Å². The van der Waals surface area contributed by atoms with Crippen LogP contribution in [0.25, 0.3) is 0 Å². The minimum Gasteiger partial charge on any atom is -0.494 e. The highest BCUT2D eigenvalue weighted by Crippen LogP contribution is 2.27. The Morgan fingerprint density at radius 1 is 0.952 bits per heavy atom. The molecule has 226 valence electrons. The molecule has 3 aromatic rings. The van der Waals surface area contributed by atoms with E-state index in [4.69, 9.17) is 16.3 Å². The van der Waals surface area contributed by atoms with Crippen molar-refractivity contribution in [2.75, 3.05) is 17.5 Å². The second kappa shape index (κ2) is 14.0. The van der Waals surface area contributed by atoms with E-state index in [1.807, 2.05) is 27.7 Å². The highest BCUT2D eigenvalue weighted by molar-refractivity contribution is 7.92. The molecule has 3 aromatic carbocycles. The molecular formula is C31H37ClFN3O5S. The van der Waals surface area contributed by atoms with Crippen LogP contribution < -0.4 is 14.4 Å². The molecule has 8 nitrogen and oxygen atoms in total. The van der Waals surface area contributed by atoms with Crippen molar-refractivity contribution in [3.05, 3.63) is 89.2 Å². The number of anilines is 1. The Bertz CT molecular complexity index is 1460. The van der Waals surface area contributed by atoms with E-state index in [1.54, 1.807) is 31.2 Å². The highest BCUT2D eigenvalue weighted by atomic mass is 35.5. The number of sulfonamides is 1. The van der Waals surface area contributed by atoms with Crippen LogP contribution in [-0.2, 0) is 26.2 Å². The predicted molar refractivity (Wildman–Crippen MR) is 163 cm³/mol. The quantitative estimate of drug-likeness (QED) is 0.277. The third kappa shape index (κ3) is 8.69. The van der Waals surface area contributed by atoms with Crippen molar-refractivity contribution in [2.24, 2.45) is 0 Å². The Morgan fingerprint density at radius 2 is 1.55 bits per heavy atom. The first kappa shape index (κ1) is 32.9. The minimum absolute atomic E-state index is 0.0342. The van der Waals surface area contributed by atoms with E-state index >= 15 is 0 Å². The molecule has 1 atom stereocenters. The Hall–Kier alpha value is -3.63. The van der Waals surface area contributed by atoms with Gasteiger partial charge in [-0.05, 0) is 100 Å². The molecule has 0 aliphatic carbocycles. The fourth-order valence-electron chi connectivity index (χ4n) is 4.30. The van der Waals surface area contributed by atoms with Crippen molar-refractivity contribution in [3.8, 4) is 5.75 Å². The number of carbonyl (C=O) groups excluding carboxylic acids is 2. The van der Waals surface area contributed by atoms with Crippen LogP contribution in [0.4, 0.5) is 10.1 Å². The number of halogens is 2. The van der Waals surface area contributed by atoms with Crippen LogP contribution in [0.5, 0.6) is 5.75 Å². The Kier molecular flexibility index (Phi) is 11.0. The van der Waals surface area contributed by atoms with E-state index in [2.05, 4.69) is 5.32 Å². The number of rotatable bonds is 12. The highest BCUT2D eigenvalue weighted by Gasteiger charge is 2.34. The van der Waals surface area contributed by atoms with Crippen LogP contribution in [-0.4, -0.2) is 49.9 Å². The lowest BCUT2D eigenvalue weighted by Crippen LogP contribution is -2.55. The summed E-state index contributed by atoms with van der Waals surface area (Å²) < 4.78 is 48.0. The number of amides is 2. The largest absolute Gasteiger partial charge is 0.494 e. The number of ether oxygens (including phenoxy) is 1. The smallest absolute Gasteiger partial charge is 0.264 e. The molecule has 3 rings (SSSR count). The van der Waals surface area contributed by atoms with E-state index < -0.39 is 39.9 Å². The second-order valence-electron chi connectivity index (χ2n) is 10.7. The molecule has 0 aliphatic rings. The van der Waals surface area contributed by atoms with Crippen molar-refractivity contribution in [2.45, 2.75) is 64.1 Å². The van der Waals surface area contributed by atoms with Gasteiger partial charge >= 0.3 is 0 Å². The molecule has 0 saturated heterocycles. The number of nitrogens with one attached hydrogen (secondary N) is 1. The second-order valence-corrected chi connectivity index (χ2v) is 13.0. The van der Waals surface area contributed by atoms with Gasteiger partial charge in [0.05, 0.1) is 17.2 Å². The summed E-state index contributed by atoms with van der Waals surface area (Å²) >= 11 is 6.05. The maximum absolute atomic E-state index is 14.1. The normalized spacial score (nSPS) is 12.4. The fraction of sp³-hybridized carbons (Fsp3) is 0.355. The standard InChI is InChI=1S/C31H37ClFN3O5S/c1-6-28(30(38)34-31(3,4)5)35(20-22-8-10-23(32)11-9-22)29(37)21-36(25-14-12-24(33)13-15-25)42(39,40)27-18-16-26(17-19-27)41-7-2/h8-19,28H,6-7,20-21H2,1-5H3,(H,34,38). The maximum Gasteiger partial charge on any atom is 0.264 e. The third-order valence-corrected chi connectivity index (χ3v) is 8.31. The summed E-state index contributed by atoms with van der Waals surface area (Å²) in [5.74, 6) is -1.04. The summed E-state index contributed by atoms with van der Waals surface area (Å²) in [7, 11) is -4.30. The van der Waals surface area contributed by atoms with Crippen LogP contribution >= 0.6 is 11.6 Å². The van der Waals surface area contributed by atoms with Crippen molar-refractivity contribution in [1.82, 2.24) is 10.2 Å². The van der Waals surface area contributed by atoms with Crippen LogP contribution in [0.1, 0.15) is 46.6 Å². The number of nitrogens with zero attached hydrogens (tertiary/aromatic N) is 2. The summed E-state index contributed by atoms with van der Waals surface area (Å²) in [5, 5.41) is 3.44. The summed E-state index contributed by atoms with van der Waals surface area (Å²) in [6.07, 6.45) is 0.281. The van der Waals surface area contributed by atoms with E-state index in [0.717, 1.165) is 16.4 Å².